The number of halogens is 1. The lowest BCUT2D eigenvalue weighted by Gasteiger charge is -2.24. The molecule has 0 saturated carbocycles. The van der Waals surface area contributed by atoms with Crippen LogP contribution in [0, 0.1) is 5.82 Å². The van der Waals surface area contributed by atoms with E-state index in [-0.39, 0.29) is 12.2 Å². The van der Waals surface area contributed by atoms with Crippen LogP contribution in [-0.4, -0.2) is 40.8 Å². The molecule has 1 atom stereocenters. The summed E-state index contributed by atoms with van der Waals surface area (Å²) in [6, 6.07) is 1.28. The number of pyridine rings is 1. The van der Waals surface area contributed by atoms with Crippen molar-refractivity contribution in [3.8, 4) is 5.75 Å². The van der Waals surface area contributed by atoms with Crippen LogP contribution in [0.5, 0.6) is 5.75 Å². The van der Waals surface area contributed by atoms with Crippen molar-refractivity contribution in [2.45, 2.75) is 38.9 Å². The highest BCUT2D eigenvalue weighted by molar-refractivity contribution is 5.68. The highest BCUT2D eigenvalue weighted by Gasteiger charge is 2.30. The van der Waals surface area contributed by atoms with Crippen molar-refractivity contribution >= 4 is 6.09 Å². The van der Waals surface area contributed by atoms with Gasteiger partial charge in [-0.15, -0.1) is 0 Å². The van der Waals surface area contributed by atoms with Gasteiger partial charge >= 0.3 is 6.09 Å². The highest BCUT2D eigenvalue weighted by atomic mass is 19.1. The van der Waals surface area contributed by atoms with Gasteiger partial charge in [-0.2, -0.15) is 0 Å². The third-order valence-electron chi connectivity index (χ3n) is 2.78. The second-order valence-corrected chi connectivity index (χ2v) is 5.79. The summed E-state index contributed by atoms with van der Waals surface area (Å²) in [6.45, 7) is 6.49. The van der Waals surface area contributed by atoms with Gasteiger partial charge in [0.25, 0.3) is 0 Å². The lowest BCUT2D eigenvalue weighted by molar-refractivity contribution is 0.0275. The molecule has 0 N–H and O–H groups in total. The largest absolute Gasteiger partial charge is 0.487 e. The summed E-state index contributed by atoms with van der Waals surface area (Å²) in [5.74, 6) is -0.0643. The van der Waals surface area contributed by atoms with Gasteiger partial charge in [0.1, 0.15) is 23.3 Å². The summed E-state index contributed by atoms with van der Waals surface area (Å²) in [5, 5.41) is 0. The molecule has 1 aliphatic rings. The summed E-state index contributed by atoms with van der Waals surface area (Å²) < 4.78 is 23.9. The summed E-state index contributed by atoms with van der Waals surface area (Å²) in [6.07, 6.45) is 2.76. The first kappa shape index (κ1) is 14.6. The minimum absolute atomic E-state index is 0.161. The lowest BCUT2D eigenvalue weighted by Crippen LogP contribution is -2.36. The van der Waals surface area contributed by atoms with Crippen molar-refractivity contribution < 1.29 is 18.7 Å². The second-order valence-electron chi connectivity index (χ2n) is 5.79. The predicted octanol–water partition coefficient (Wildman–Crippen LogP) is 2.61. The first-order chi connectivity index (χ1) is 9.33. The minimum Gasteiger partial charge on any atom is -0.487 e. The molecule has 2 rings (SSSR count). The molecule has 0 unspecified atom stereocenters. The van der Waals surface area contributed by atoms with Crippen LogP contribution >= 0.6 is 0 Å². The highest BCUT2D eigenvalue weighted by Crippen LogP contribution is 2.20. The van der Waals surface area contributed by atoms with Gasteiger partial charge < -0.3 is 14.4 Å². The fourth-order valence-corrected chi connectivity index (χ4v) is 1.97. The third-order valence-corrected chi connectivity index (χ3v) is 2.78. The Labute approximate surface area is 117 Å². The Kier molecular flexibility index (Phi) is 4.11. The van der Waals surface area contributed by atoms with E-state index in [2.05, 4.69) is 4.98 Å². The van der Waals surface area contributed by atoms with E-state index in [1.807, 2.05) is 20.8 Å². The smallest absolute Gasteiger partial charge is 0.410 e. The molecule has 1 saturated heterocycles. The zero-order valence-corrected chi connectivity index (χ0v) is 11.9. The van der Waals surface area contributed by atoms with Crippen molar-refractivity contribution in [3.05, 3.63) is 24.3 Å². The molecule has 0 radical (unpaired) electrons. The average Bonchev–Trinajstić information content (AvgIpc) is 2.75. The van der Waals surface area contributed by atoms with Crippen molar-refractivity contribution in [3.63, 3.8) is 0 Å². The van der Waals surface area contributed by atoms with Crippen LogP contribution in [0.25, 0.3) is 0 Å². The number of aromatic nitrogens is 1. The molecule has 0 aliphatic carbocycles. The molecule has 110 valence electrons. The molecule has 1 fully saturated rings. The van der Waals surface area contributed by atoms with Gasteiger partial charge in [-0.05, 0) is 20.8 Å². The number of likely N-dealkylation sites (tertiary alicyclic amines) is 1. The molecule has 2 heterocycles. The summed E-state index contributed by atoms with van der Waals surface area (Å²) in [5.41, 5.74) is -0.511. The molecule has 1 aliphatic heterocycles. The van der Waals surface area contributed by atoms with Crippen LogP contribution in [0.2, 0.25) is 0 Å². The van der Waals surface area contributed by atoms with Crippen LogP contribution in [0.4, 0.5) is 9.18 Å². The monoisotopic (exact) mass is 282 g/mol. The molecule has 1 amide bonds. The zero-order valence-electron chi connectivity index (χ0n) is 11.9. The number of hydrogen-bond acceptors (Lipinski definition) is 4. The number of ether oxygens (including phenoxy) is 2. The van der Waals surface area contributed by atoms with Crippen molar-refractivity contribution in [1.82, 2.24) is 9.88 Å². The number of hydrogen-bond donors (Lipinski definition) is 0. The molecule has 5 nitrogen and oxygen atoms in total. The van der Waals surface area contributed by atoms with E-state index in [1.165, 1.54) is 12.3 Å². The van der Waals surface area contributed by atoms with Crippen molar-refractivity contribution in [2.75, 3.05) is 13.1 Å². The second kappa shape index (κ2) is 5.64. The van der Waals surface area contributed by atoms with E-state index in [9.17, 15) is 9.18 Å². The Bertz CT molecular complexity index is 488. The van der Waals surface area contributed by atoms with Crippen LogP contribution in [-0.2, 0) is 4.74 Å². The standard InChI is InChI=1S/C14H19FN2O3/c1-14(2,3)20-13(18)17-5-4-11(9-17)19-12-6-10(15)7-16-8-12/h6-8,11H,4-5,9H2,1-3H3/t11-/m0/s1. The van der Waals surface area contributed by atoms with Gasteiger partial charge in [0, 0.05) is 19.0 Å². The van der Waals surface area contributed by atoms with Gasteiger partial charge in [-0.3, -0.25) is 4.98 Å². The SMILES string of the molecule is CC(C)(C)OC(=O)N1CC[C@H](Oc2cncc(F)c2)C1. The molecule has 0 aromatic carbocycles. The number of carbonyl (C=O) groups excluding carboxylic acids is 1. The maximum Gasteiger partial charge on any atom is 0.410 e. The quantitative estimate of drug-likeness (QED) is 0.836. The Balaban J connectivity index is 1.88. The van der Waals surface area contributed by atoms with Crippen LogP contribution in [0.3, 0.4) is 0 Å². The average molecular weight is 282 g/mol. The van der Waals surface area contributed by atoms with Crippen LogP contribution in [0.1, 0.15) is 27.2 Å². The number of carbonyl (C=O) groups is 1. The van der Waals surface area contributed by atoms with Crippen LogP contribution in [0.15, 0.2) is 18.5 Å². The normalized spacial score (nSPS) is 19.0. The maximum atomic E-state index is 13.0. The number of amides is 1. The third kappa shape index (κ3) is 4.08. The fourth-order valence-electron chi connectivity index (χ4n) is 1.97. The van der Waals surface area contributed by atoms with Gasteiger partial charge in [0.15, 0.2) is 0 Å². The van der Waals surface area contributed by atoms with Crippen LogP contribution < -0.4 is 4.74 Å². The zero-order chi connectivity index (χ0) is 14.8. The summed E-state index contributed by atoms with van der Waals surface area (Å²) >= 11 is 0. The Morgan fingerprint density at radius 2 is 2.20 bits per heavy atom. The molecule has 0 bridgehead atoms. The van der Waals surface area contributed by atoms with Crippen molar-refractivity contribution in [2.24, 2.45) is 0 Å². The maximum absolute atomic E-state index is 13.0. The topological polar surface area (TPSA) is 51.7 Å². The van der Waals surface area contributed by atoms with Gasteiger partial charge in [0.2, 0.25) is 0 Å². The van der Waals surface area contributed by atoms with E-state index in [1.54, 1.807) is 4.90 Å². The van der Waals surface area contributed by atoms with E-state index < -0.39 is 11.4 Å². The molecule has 6 heteroatoms. The molecular weight excluding hydrogens is 263 g/mol. The summed E-state index contributed by atoms with van der Waals surface area (Å²) in [4.78, 5) is 17.2. The lowest BCUT2D eigenvalue weighted by atomic mass is 10.2. The van der Waals surface area contributed by atoms with E-state index in [4.69, 9.17) is 9.47 Å². The first-order valence-corrected chi connectivity index (χ1v) is 6.58. The van der Waals surface area contributed by atoms with Gasteiger partial charge in [-0.1, -0.05) is 0 Å². The Morgan fingerprint density at radius 1 is 1.45 bits per heavy atom. The van der Waals surface area contributed by atoms with E-state index in [0.717, 1.165) is 6.20 Å². The predicted molar refractivity (Wildman–Crippen MR) is 71.0 cm³/mol. The summed E-state index contributed by atoms with van der Waals surface area (Å²) in [7, 11) is 0. The van der Waals surface area contributed by atoms with E-state index >= 15 is 0 Å². The van der Waals surface area contributed by atoms with Gasteiger partial charge in [0.05, 0.1) is 18.9 Å². The number of nitrogens with zero attached hydrogens (tertiary/aromatic N) is 2. The first-order valence-electron chi connectivity index (χ1n) is 6.58. The molecule has 1 aromatic heterocycles. The molecular formula is C14H19FN2O3. The van der Waals surface area contributed by atoms with Crippen molar-refractivity contribution in [1.29, 1.82) is 0 Å². The Hall–Kier alpha value is -1.85. The number of rotatable bonds is 2. The fraction of sp³-hybridized carbons (Fsp3) is 0.571. The Morgan fingerprint density at radius 3 is 2.85 bits per heavy atom. The molecule has 1 aromatic rings. The molecule has 20 heavy (non-hydrogen) atoms. The molecule has 0 spiro atoms. The van der Waals surface area contributed by atoms with E-state index in [0.29, 0.717) is 25.3 Å². The minimum atomic E-state index is -0.511. The van der Waals surface area contributed by atoms with Gasteiger partial charge in [-0.25, -0.2) is 9.18 Å².